The van der Waals surface area contributed by atoms with Gasteiger partial charge in [0.25, 0.3) is 0 Å². The summed E-state index contributed by atoms with van der Waals surface area (Å²) in [7, 11) is 0. The van der Waals surface area contributed by atoms with Crippen molar-refractivity contribution in [3.63, 3.8) is 0 Å². The molecule has 0 aromatic carbocycles. The Morgan fingerprint density at radius 1 is 0.329 bits per heavy atom. The minimum absolute atomic E-state index is 0.207. The maximum atomic E-state index is 5.73. The molecule has 6 aliphatic heterocycles. The average Bonchev–Trinajstić information content (AvgIpc) is 3.95. The lowest BCUT2D eigenvalue weighted by atomic mass is 9.84. The van der Waals surface area contributed by atoms with E-state index in [1.807, 2.05) is 0 Å². The van der Waals surface area contributed by atoms with Gasteiger partial charge >= 0.3 is 0 Å². The lowest BCUT2D eigenvalue weighted by Crippen LogP contribution is -2.49. The van der Waals surface area contributed by atoms with Gasteiger partial charge in [-0.25, -0.2) is 0 Å². The first-order valence-electron chi connectivity index (χ1n) is 33.0. The summed E-state index contributed by atoms with van der Waals surface area (Å²) in [5.74, 6) is -0.285. The molecule has 0 aromatic rings. The minimum Gasteiger partial charge on any atom is -0.346 e. The van der Waals surface area contributed by atoms with Crippen molar-refractivity contribution in [3.05, 3.63) is 0 Å². The van der Waals surface area contributed by atoms with Crippen LogP contribution in [-0.2, 0) is 9.47 Å². The topological polar surface area (TPSA) is 34.7 Å². The van der Waals surface area contributed by atoms with Crippen LogP contribution in [0.5, 0.6) is 0 Å². The molecule has 0 bridgehead atoms. The summed E-state index contributed by atoms with van der Waals surface area (Å²) < 4.78 is 11.5. The first-order valence-corrected chi connectivity index (χ1v) is 33.0. The van der Waals surface area contributed by atoms with Crippen molar-refractivity contribution < 1.29 is 9.47 Å². The number of nitrogens with zero attached hydrogens (tertiary/aromatic N) is 5. The standard InChI is InChI=1S/C13H25N.C11H21NO2.C11H21N.C10H21N.C9H19N.5C3H8/c1-11-9-13(7-5-6-8-13)10-14(11)12(2,3)4;1-9-7-11(13-5-6-14-11)8-12(9)10(2,3)4;1-9-7-11(5-6-11)8-12(9)10(2,3)4;1-9-7-5-6-8-11(9)10(2,3)4;1-8-6-5-7-10(8)9(2,3)4;5*1-3-2/h11H,5-10H2,1-4H3;9H,5-8H2,1-4H3;9H,5-8H2,1-4H3;9H,5-8H2,1-4H3;8H,5-7H2,1-4H3;5*3H2,1-2H3/t11-;3*9-;8-;;;;;/m11111...../s1. The molecule has 2 aliphatic carbocycles. The molecule has 6 heterocycles. The van der Waals surface area contributed by atoms with Crippen LogP contribution in [0.1, 0.15) is 330 Å². The second-order valence-electron chi connectivity index (χ2n) is 30.5. The van der Waals surface area contributed by atoms with Crippen LogP contribution in [0, 0.1) is 10.8 Å². The maximum absolute atomic E-state index is 5.73. The molecule has 5 atom stereocenters. The molecule has 0 amide bonds. The molecular formula is C69H147N5O2. The van der Waals surface area contributed by atoms with Gasteiger partial charge in [0, 0.05) is 77.4 Å². The van der Waals surface area contributed by atoms with E-state index in [-0.39, 0.29) is 11.3 Å². The Balaban J connectivity index is 0. The van der Waals surface area contributed by atoms with Crippen molar-refractivity contribution in [1.82, 2.24) is 24.5 Å². The molecule has 8 fully saturated rings. The predicted octanol–water partition coefficient (Wildman–Crippen LogP) is 19.7. The van der Waals surface area contributed by atoms with Gasteiger partial charge in [-0.2, -0.15) is 0 Å². The molecule has 460 valence electrons. The van der Waals surface area contributed by atoms with E-state index in [4.69, 9.17) is 9.47 Å². The van der Waals surface area contributed by atoms with Crippen LogP contribution < -0.4 is 0 Å². The number of hydrogen-bond acceptors (Lipinski definition) is 7. The molecule has 0 unspecified atom stereocenters. The zero-order valence-corrected chi connectivity index (χ0v) is 58.3. The molecule has 0 N–H and O–H groups in total. The van der Waals surface area contributed by atoms with E-state index < -0.39 is 0 Å². The lowest BCUT2D eigenvalue weighted by Gasteiger charge is -2.43. The van der Waals surface area contributed by atoms with Crippen LogP contribution in [0.15, 0.2) is 0 Å². The number of hydrogen-bond donors (Lipinski definition) is 0. The fourth-order valence-corrected chi connectivity index (χ4v) is 13.1. The van der Waals surface area contributed by atoms with Gasteiger partial charge in [0.2, 0.25) is 0 Å². The molecule has 0 radical (unpaired) electrons. The zero-order valence-electron chi connectivity index (χ0n) is 58.3. The van der Waals surface area contributed by atoms with Crippen molar-refractivity contribution in [2.24, 2.45) is 10.8 Å². The van der Waals surface area contributed by atoms with Crippen LogP contribution in [0.25, 0.3) is 0 Å². The molecule has 76 heavy (non-hydrogen) atoms. The smallest absolute Gasteiger partial charge is 0.182 e. The van der Waals surface area contributed by atoms with Gasteiger partial charge in [0.05, 0.1) is 19.8 Å². The summed E-state index contributed by atoms with van der Waals surface area (Å²) in [6.07, 6.45) is 26.0. The van der Waals surface area contributed by atoms with Crippen LogP contribution in [0.2, 0.25) is 0 Å². The lowest BCUT2D eigenvalue weighted by molar-refractivity contribution is -0.148. The maximum Gasteiger partial charge on any atom is 0.182 e. The van der Waals surface area contributed by atoms with Crippen molar-refractivity contribution in [2.45, 2.75) is 393 Å². The summed E-state index contributed by atoms with van der Waals surface area (Å²) in [4.78, 5) is 13.1. The molecule has 6 saturated heterocycles. The minimum atomic E-state index is -0.285. The van der Waals surface area contributed by atoms with Crippen molar-refractivity contribution in [3.8, 4) is 0 Å². The van der Waals surface area contributed by atoms with Gasteiger partial charge < -0.3 is 9.47 Å². The second-order valence-corrected chi connectivity index (χ2v) is 30.5. The third-order valence-electron chi connectivity index (χ3n) is 16.2. The predicted molar refractivity (Wildman–Crippen MR) is 344 cm³/mol. The van der Waals surface area contributed by atoms with Gasteiger partial charge in [0.1, 0.15) is 0 Å². The quantitative estimate of drug-likeness (QED) is 0.239. The summed E-state index contributed by atoms with van der Waals surface area (Å²) in [5.41, 5.74) is 3.20. The van der Waals surface area contributed by atoms with E-state index in [0.29, 0.717) is 33.6 Å². The number of piperidine rings is 1. The van der Waals surface area contributed by atoms with Crippen LogP contribution >= 0.6 is 0 Å². The molecule has 7 heteroatoms. The third-order valence-corrected chi connectivity index (χ3v) is 16.2. The summed E-state index contributed by atoms with van der Waals surface area (Å²) in [6.45, 7) is 75.4. The highest BCUT2D eigenvalue weighted by molar-refractivity contribution is 5.06. The highest BCUT2D eigenvalue weighted by atomic mass is 16.7. The van der Waals surface area contributed by atoms with E-state index in [1.165, 1.54) is 142 Å². The van der Waals surface area contributed by atoms with Gasteiger partial charge in [-0.05, 0) is 227 Å². The van der Waals surface area contributed by atoms with E-state index in [2.05, 4.69) is 232 Å². The second kappa shape index (κ2) is 36.3. The van der Waals surface area contributed by atoms with E-state index in [1.54, 1.807) is 0 Å². The van der Waals surface area contributed by atoms with E-state index in [0.717, 1.165) is 55.8 Å². The third kappa shape index (κ3) is 29.1. The fourth-order valence-electron chi connectivity index (χ4n) is 13.1. The molecular weight excluding hydrogens is 931 g/mol. The van der Waals surface area contributed by atoms with E-state index >= 15 is 0 Å². The molecule has 8 rings (SSSR count). The fraction of sp³-hybridized carbons (Fsp3) is 1.00. The van der Waals surface area contributed by atoms with E-state index in [9.17, 15) is 0 Å². The molecule has 3 spiro atoms. The van der Waals surface area contributed by atoms with Gasteiger partial charge in [-0.15, -0.1) is 0 Å². The van der Waals surface area contributed by atoms with Crippen molar-refractivity contribution >= 4 is 0 Å². The SMILES string of the molecule is CCC.CCC.CCC.CCC.CCC.C[C@@H]1CC2(CC2)CN1C(C)(C)C.C[C@@H]1CC2(CCCC2)CN1C(C)(C)C.C[C@@H]1CC2(CN1C(C)(C)C)OCCO2.C[C@@H]1CCCCN1C(C)(C)C.C[C@@H]1CCCN1C(C)(C)C. The molecule has 8 aliphatic rings. The monoisotopic (exact) mass is 1080 g/mol. The van der Waals surface area contributed by atoms with Crippen LogP contribution in [0.3, 0.4) is 0 Å². The largest absolute Gasteiger partial charge is 0.346 e. The Hall–Kier alpha value is -0.280. The normalized spacial score (nSPS) is 26.8. The highest BCUT2D eigenvalue weighted by Crippen LogP contribution is 2.56. The molecule has 2 saturated carbocycles. The Bertz CT molecular complexity index is 1340. The Morgan fingerprint density at radius 2 is 0.605 bits per heavy atom. The first-order chi connectivity index (χ1) is 34.9. The molecule has 0 aromatic heterocycles. The Labute approximate surface area is 482 Å². The highest BCUT2D eigenvalue weighted by Gasteiger charge is 2.53. The number of likely N-dealkylation sites (tertiary alicyclic amines) is 5. The summed E-state index contributed by atoms with van der Waals surface area (Å²) in [6, 6.07) is 3.76. The van der Waals surface area contributed by atoms with Crippen molar-refractivity contribution in [2.75, 3.05) is 45.9 Å². The first kappa shape index (κ1) is 77.8. The zero-order chi connectivity index (χ0) is 59.6. The Morgan fingerprint density at radius 3 is 0.855 bits per heavy atom. The van der Waals surface area contributed by atoms with Crippen LogP contribution in [-0.4, -0.2) is 134 Å². The summed E-state index contributed by atoms with van der Waals surface area (Å²) in [5, 5.41) is 0. The van der Waals surface area contributed by atoms with Crippen molar-refractivity contribution in [1.29, 1.82) is 0 Å². The van der Waals surface area contributed by atoms with Gasteiger partial charge in [0.15, 0.2) is 5.79 Å². The Kier molecular flexibility index (Phi) is 37.2. The molecule has 7 nitrogen and oxygen atoms in total. The van der Waals surface area contributed by atoms with Crippen LogP contribution in [0.4, 0.5) is 0 Å². The number of rotatable bonds is 0. The number of ether oxygens (including phenoxy) is 2. The van der Waals surface area contributed by atoms with Gasteiger partial charge in [-0.1, -0.05) is 121 Å². The average molecular weight is 1080 g/mol. The van der Waals surface area contributed by atoms with Gasteiger partial charge in [-0.3, -0.25) is 24.5 Å². The summed E-state index contributed by atoms with van der Waals surface area (Å²) >= 11 is 0.